The van der Waals surface area contributed by atoms with E-state index < -0.39 is 6.10 Å². The first-order valence-corrected chi connectivity index (χ1v) is 29.8. The highest BCUT2D eigenvalue weighted by atomic mass is 16.6. The molecule has 6 heteroatoms. The van der Waals surface area contributed by atoms with Crippen LogP contribution < -0.4 is 0 Å². The van der Waals surface area contributed by atoms with Crippen molar-refractivity contribution in [1.82, 2.24) is 0 Å². The van der Waals surface area contributed by atoms with Gasteiger partial charge in [-0.05, 0) is 51.4 Å². The molecule has 0 aromatic carbocycles. The van der Waals surface area contributed by atoms with E-state index in [1.54, 1.807) is 0 Å². The van der Waals surface area contributed by atoms with Crippen molar-refractivity contribution in [1.29, 1.82) is 0 Å². The van der Waals surface area contributed by atoms with E-state index in [9.17, 15) is 14.4 Å². The highest BCUT2D eigenvalue weighted by molar-refractivity contribution is 5.71. The van der Waals surface area contributed by atoms with Gasteiger partial charge >= 0.3 is 17.9 Å². The fraction of sp³-hybridized carbons (Fsp3) is 0.885. The van der Waals surface area contributed by atoms with Gasteiger partial charge in [0, 0.05) is 19.3 Å². The van der Waals surface area contributed by atoms with Gasteiger partial charge in [0.15, 0.2) is 6.10 Å². The molecular formula is C61H114O6. The highest BCUT2D eigenvalue weighted by Gasteiger charge is 2.19. The number of hydrogen-bond acceptors (Lipinski definition) is 6. The molecule has 0 saturated carbocycles. The van der Waals surface area contributed by atoms with Gasteiger partial charge in [0.25, 0.3) is 0 Å². The third-order valence-electron chi connectivity index (χ3n) is 13.5. The maximum atomic E-state index is 12.9. The molecule has 0 aliphatic rings. The number of hydrogen-bond donors (Lipinski definition) is 0. The fourth-order valence-corrected chi connectivity index (χ4v) is 8.95. The van der Waals surface area contributed by atoms with Crippen molar-refractivity contribution in [2.45, 2.75) is 335 Å². The molecule has 0 aliphatic carbocycles. The molecule has 0 radical (unpaired) electrons. The molecule has 0 N–H and O–H groups in total. The van der Waals surface area contributed by atoms with E-state index in [0.29, 0.717) is 19.3 Å². The van der Waals surface area contributed by atoms with Gasteiger partial charge in [-0.2, -0.15) is 0 Å². The first-order valence-electron chi connectivity index (χ1n) is 29.8. The van der Waals surface area contributed by atoms with Crippen molar-refractivity contribution in [2.24, 2.45) is 0 Å². The number of esters is 3. The largest absolute Gasteiger partial charge is 0.462 e. The molecule has 0 fully saturated rings. The summed E-state index contributed by atoms with van der Waals surface area (Å²) in [6.07, 6.45) is 66.0. The van der Waals surface area contributed by atoms with E-state index in [4.69, 9.17) is 14.2 Å². The molecule has 0 saturated heterocycles. The zero-order valence-electron chi connectivity index (χ0n) is 45.2. The summed E-state index contributed by atoms with van der Waals surface area (Å²) in [7, 11) is 0. The second kappa shape index (κ2) is 56.5. The molecular weight excluding hydrogens is 829 g/mol. The van der Waals surface area contributed by atoms with Crippen LogP contribution in [0.4, 0.5) is 0 Å². The Balaban J connectivity index is 4.27. The number of allylic oxidation sites excluding steroid dienone is 4. The van der Waals surface area contributed by atoms with Crippen LogP contribution in [-0.2, 0) is 28.6 Å². The minimum Gasteiger partial charge on any atom is -0.462 e. The Morgan fingerprint density at radius 3 is 0.821 bits per heavy atom. The summed E-state index contributed by atoms with van der Waals surface area (Å²) in [5, 5.41) is 0. The molecule has 0 amide bonds. The Labute approximate surface area is 417 Å². The first-order chi connectivity index (χ1) is 33.0. The maximum Gasteiger partial charge on any atom is 0.306 e. The molecule has 67 heavy (non-hydrogen) atoms. The van der Waals surface area contributed by atoms with E-state index in [2.05, 4.69) is 45.1 Å². The Bertz CT molecular complexity index is 1080. The van der Waals surface area contributed by atoms with Crippen LogP contribution in [-0.4, -0.2) is 37.2 Å². The number of ether oxygens (including phenoxy) is 3. The van der Waals surface area contributed by atoms with Crippen molar-refractivity contribution < 1.29 is 28.6 Å². The summed E-state index contributed by atoms with van der Waals surface area (Å²) in [5.41, 5.74) is 0. The molecule has 0 spiro atoms. The lowest BCUT2D eigenvalue weighted by Crippen LogP contribution is -2.30. The molecule has 0 bridgehead atoms. The molecule has 1 atom stereocenters. The second-order valence-electron chi connectivity index (χ2n) is 20.3. The molecule has 0 aromatic heterocycles. The lowest BCUT2D eigenvalue weighted by Gasteiger charge is -2.18. The van der Waals surface area contributed by atoms with Gasteiger partial charge in [-0.1, -0.05) is 283 Å². The van der Waals surface area contributed by atoms with Crippen LogP contribution >= 0.6 is 0 Å². The summed E-state index contributed by atoms with van der Waals surface area (Å²) in [4.78, 5) is 38.1. The minimum absolute atomic E-state index is 0.0669. The lowest BCUT2D eigenvalue weighted by molar-refractivity contribution is -0.167. The molecule has 0 aliphatic heterocycles. The van der Waals surface area contributed by atoms with Crippen molar-refractivity contribution in [3.63, 3.8) is 0 Å². The van der Waals surface area contributed by atoms with E-state index in [-0.39, 0.29) is 31.1 Å². The summed E-state index contributed by atoms with van der Waals surface area (Å²) >= 11 is 0. The summed E-state index contributed by atoms with van der Waals surface area (Å²) in [6, 6.07) is 0. The molecule has 0 aromatic rings. The van der Waals surface area contributed by atoms with E-state index >= 15 is 0 Å². The van der Waals surface area contributed by atoms with Crippen molar-refractivity contribution >= 4 is 17.9 Å². The van der Waals surface area contributed by atoms with Crippen LogP contribution in [0, 0.1) is 0 Å². The number of unbranched alkanes of at least 4 members (excludes halogenated alkanes) is 40. The van der Waals surface area contributed by atoms with Gasteiger partial charge in [-0.15, -0.1) is 0 Å². The first kappa shape index (κ1) is 64.9. The number of rotatable bonds is 55. The number of carbonyl (C=O) groups excluding carboxylic acids is 3. The third kappa shape index (κ3) is 54.7. The fourth-order valence-electron chi connectivity index (χ4n) is 8.95. The number of carbonyl (C=O) groups is 3. The van der Waals surface area contributed by atoms with Crippen molar-refractivity contribution in [2.75, 3.05) is 13.2 Å². The topological polar surface area (TPSA) is 78.9 Å². The van der Waals surface area contributed by atoms with Crippen LogP contribution in [0.15, 0.2) is 24.3 Å². The predicted octanol–water partition coefficient (Wildman–Crippen LogP) is 19.9. The molecule has 0 rings (SSSR count). The van der Waals surface area contributed by atoms with Crippen molar-refractivity contribution in [3.8, 4) is 0 Å². The maximum absolute atomic E-state index is 12.9. The van der Waals surface area contributed by atoms with E-state index in [1.165, 1.54) is 225 Å². The Morgan fingerprint density at radius 2 is 0.537 bits per heavy atom. The third-order valence-corrected chi connectivity index (χ3v) is 13.5. The molecule has 394 valence electrons. The minimum atomic E-state index is -0.767. The average Bonchev–Trinajstić information content (AvgIpc) is 3.33. The van der Waals surface area contributed by atoms with Gasteiger partial charge in [-0.25, -0.2) is 0 Å². The average molecular weight is 944 g/mol. The lowest BCUT2D eigenvalue weighted by atomic mass is 10.0. The monoisotopic (exact) mass is 943 g/mol. The predicted molar refractivity (Wildman–Crippen MR) is 289 cm³/mol. The van der Waals surface area contributed by atoms with Crippen molar-refractivity contribution in [3.05, 3.63) is 24.3 Å². The highest BCUT2D eigenvalue weighted by Crippen LogP contribution is 2.17. The Morgan fingerprint density at radius 1 is 0.299 bits per heavy atom. The quantitative estimate of drug-likeness (QED) is 0.0262. The SMILES string of the molecule is CCCCCCC/C=C\C/C=C\CCCCCCCCCCCC(=O)OCC(COC(=O)CCCCCCCCCCCCC)OC(=O)CCCCCCCCCCCCCCCCCCC. The summed E-state index contributed by atoms with van der Waals surface area (Å²) < 4.78 is 16.9. The van der Waals surface area contributed by atoms with E-state index in [1.807, 2.05) is 0 Å². The van der Waals surface area contributed by atoms with Gasteiger partial charge in [-0.3, -0.25) is 14.4 Å². The standard InChI is InChI=1S/C61H114O6/c1-4-7-10-13-16-19-22-24-26-28-29-30-31-33-34-36-39-42-45-48-51-54-60(63)66-57-58(56-65-59(62)53-50-47-44-41-38-21-18-15-12-9-6-3)67-61(64)55-52-49-46-43-40-37-35-32-27-25-23-20-17-14-11-8-5-2/h22,24,28-29,58H,4-21,23,25-27,30-57H2,1-3H3/b24-22-,29-28-. The summed E-state index contributed by atoms with van der Waals surface area (Å²) in [6.45, 7) is 6.67. The van der Waals surface area contributed by atoms with E-state index in [0.717, 1.165) is 64.2 Å². The Hall–Kier alpha value is -2.11. The van der Waals surface area contributed by atoms with Crippen LogP contribution in [0.2, 0.25) is 0 Å². The zero-order valence-corrected chi connectivity index (χ0v) is 45.2. The smallest absolute Gasteiger partial charge is 0.306 e. The normalized spacial score (nSPS) is 12.1. The van der Waals surface area contributed by atoms with Crippen LogP contribution in [0.3, 0.4) is 0 Å². The van der Waals surface area contributed by atoms with Gasteiger partial charge in [0.05, 0.1) is 0 Å². The van der Waals surface area contributed by atoms with Crippen LogP contribution in [0.25, 0.3) is 0 Å². The summed E-state index contributed by atoms with van der Waals surface area (Å²) in [5.74, 6) is -0.849. The van der Waals surface area contributed by atoms with Crippen LogP contribution in [0.1, 0.15) is 329 Å². The van der Waals surface area contributed by atoms with Gasteiger partial charge in [0.1, 0.15) is 13.2 Å². The van der Waals surface area contributed by atoms with Gasteiger partial charge in [0.2, 0.25) is 0 Å². The Kier molecular flexibility index (Phi) is 54.7. The second-order valence-corrected chi connectivity index (χ2v) is 20.3. The van der Waals surface area contributed by atoms with Gasteiger partial charge < -0.3 is 14.2 Å². The molecule has 6 nitrogen and oxygen atoms in total. The van der Waals surface area contributed by atoms with Crippen LogP contribution in [0.5, 0.6) is 0 Å². The molecule has 1 unspecified atom stereocenters. The zero-order chi connectivity index (χ0) is 48.6. The molecule has 0 heterocycles.